The van der Waals surface area contributed by atoms with Crippen molar-refractivity contribution >= 4 is 37.5 Å². The number of H-pyrrole nitrogens is 1. The maximum Gasteiger partial charge on any atom is 0.259 e. The van der Waals surface area contributed by atoms with E-state index in [0.29, 0.717) is 18.9 Å². The van der Waals surface area contributed by atoms with Crippen LogP contribution in [0.15, 0.2) is 27.5 Å². The smallest absolute Gasteiger partial charge is 0.259 e. The molecule has 0 atom stereocenters. The van der Waals surface area contributed by atoms with Crippen LogP contribution in [-0.4, -0.2) is 29.0 Å². The van der Waals surface area contributed by atoms with Crippen LogP contribution >= 0.6 is 27.3 Å². The minimum Gasteiger partial charge on any atom is -0.496 e. The van der Waals surface area contributed by atoms with Gasteiger partial charge in [0, 0.05) is 21.5 Å². The van der Waals surface area contributed by atoms with E-state index in [9.17, 15) is 4.79 Å². The summed E-state index contributed by atoms with van der Waals surface area (Å²) in [6.45, 7) is 1.27. The molecule has 7 heteroatoms. The van der Waals surface area contributed by atoms with Gasteiger partial charge in [0.25, 0.3) is 5.56 Å². The van der Waals surface area contributed by atoms with Crippen molar-refractivity contribution in [2.24, 2.45) is 0 Å². The number of halogens is 1. The molecule has 1 aromatic carbocycles. The summed E-state index contributed by atoms with van der Waals surface area (Å²) in [6.07, 6.45) is 3.23. The van der Waals surface area contributed by atoms with Crippen molar-refractivity contribution in [1.82, 2.24) is 14.9 Å². The second-order valence-corrected chi connectivity index (χ2v) is 8.68. The number of hydrogen-bond acceptors (Lipinski definition) is 5. The first-order valence-electron chi connectivity index (χ1n) is 8.59. The molecule has 0 amide bonds. The van der Waals surface area contributed by atoms with Crippen molar-refractivity contribution in [2.75, 3.05) is 14.2 Å². The molecule has 4 rings (SSSR count). The number of aromatic nitrogens is 2. The Kier molecular flexibility index (Phi) is 4.86. The van der Waals surface area contributed by atoms with Gasteiger partial charge in [-0.2, -0.15) is 0 Å². The normalized spacial score (nSPS) is 13.5. The van der Waals surface area contributed by atoms with Crippen LogP contribution in [0.4, 0.5) is 0 Å². The van der Waals surface area contributed by atoms with E-state index in [4.69, 9.17) is 9.72 Å². The summed E-state index contributed by atoms with van der Waals surface area (Å²) in [5.41, 5.74) is 2.30. The molecule has 0 aliphatic heterocycles. The average Bonchev–Trinajstić information content (AvgIpc) is 3.15. The summed E-state index contributed by atoms with van der Waals surface area (Å²) in [6, 6.07) is 5.97. The highest BCUT2D eigenvalue weighted by molar-refractivity contribution is 9.10. The lowest BCUT2D eigenvalue weighted by Crippen LogP contribution is -2.22. The van der Waals surface area contributed by atoms with E-state index in [0.717, 1.165) is 45.3 Å². The standard InChI is InChI=1S/C19H20BrN3O2S/c1-23(9-11-8-12(20)6-7-14(11)25-2)10-16-21-18(24)17-13-4-3-5-15(13)26-19(17)22-16/h6-8H,3-5,9-10H2,1-2H3,(H,21,22,24). The van der Waals surface area contributed by atoms with Crippen LogP contribution in [-0.2, 0) is 25.9 Å². The van der Waals surface area contributed by atoms with Crippen LogP contribution in [0.1, 0.15) is 28.2 Å². The first-order valence-corrected chi connectivity index (χ1v) is 10.2. The fourth-order valence-electron chi connectivity index (χ4n) is 3.59. The van der Waals surface area contributed by atoms with Crippen molar-refractivity contribution in [3.63, 3.8) is 0 Å². The third-order valence-electron chi connectivity index (χ3n) is 4.73. The van der Waals surface area contributed by atoms with E-state index >= 15 is 0 Å². The first kappa shape index (κ1) is 17.7. The minimum absolute atomic E-state index is 0.00200. The molecule has 0 saturated carbocycles. The molecule has 136 valence electrons. The van der Waals surface area contributed by atoms with E-state index in [1.165, 1.54) is 10.4 Å². The zero-order valence-electron chi connectivity index (χ0n) is 14.8. The molecule has 0 saturated heterocycles. The van der Waals surface area contributed by atoms with Gasteiger partial charge in [-0.3, -0.25) is 9.69 Å². The zero-order chi connectivity index (χ0) is 18.3. The van der Waals surface area contributed by atoms with Crippen molar-refractivity contribution in [3.8, 4) is 5.75 Å². The third kappa shape index (κ3) is 3.31. The number of hydrogen-bond donors (Lipinski definition) is 1. The van der Waals surface area contributed by atoms with E-state index in [2.05, 4.69) is 31.9 Å². The van der Waals surface area contributed by atoms with E-state index in [-0.39, 0.29) is 5.56 Å². The molecule has 1 aliphatic carbocycles. The molecule has 1 N–H and O–H groups in total. The second-order valence-electron chi connectivity index (χ2n) is 6.68. The van der Waals surface area contributed by atoms with E-state index < -0.39 is 0 Å². The van der Waals surface area contributed by atoms with Gasteiger partial charge in [0.1, 0.15) is 16.4 Å². The Bertz CT molecular complexity index is 1030. The number of rotatable bonds is 5. The van der Waals surface area contributed by atoms with Crippen LogP contribution in [0.5, 0.6) is 5.75 Å². The van der Waals surface area contributed by atoms with Gasteiger partial charge in [-0.1, -0.05) is 15.9 Å². The molecule has 0 bridgehead atoms. The quantitative estimate of drug-likeness (QED) is 0.663. The molecule has 0 unspecified atom stereocenters. The first-order chi connectivity index (χ1) is 12.5. The van der Waals surface area contributed by atoms with Gasteiger partial charge >= 0.3 is 0 Å². The number of aryl methyl sites for hydroxylation is 2. The lowest BCUT2D eigenvalue weighted by molar-refractivity contribution is 0.302. The Morgan fingerprint density at radius 1 is 1.35 bits per heavy atom. The lowest BCUT2D eigenvalue weighted by Gasteiger charge is -2.18. The highest BCUT2D eigenvalue weighted by Crippen LogP contribution is 2.34. The second kappa shape index (κ2) is 7.13. The molecule has 1 aliphatic rings. The molecule has 0 spiro atoms. The highest BCUT2D eigenvalue weighted by atomic mass is 79.9. The fourth-order valence-corrected chi connectivity index (χ4v) is 5.28. The number of thiophene rings is 1. The van der Waals surface area contributed by atoms with Crippen molar-refractivity contribution in [2.45, 2.75) is 32.4 Å². The number of nitrogens with one attached hydrogen (secondary N) is 1. The van der Waals surface area contributed by atoms with E-state index in [1.54, 1.807) is 18.4 Å². The Balaban J connectivity index is 1.57. The van der Waals surface area contributed by atoms with Gasteiger partial charge in [0.15, 0.2) is 0 Å². The van der Waals surface area contributed by atoms with Crippen LogP contribution in [0.2, 0.25) is 0 Å². The van der Waals surface area contributed by atoms with Gasteiger partial charge in [-0.25, -0.2) is 4.98 Å². The Hall–Kier alpha value is -1.70. The van der Waals surface area contributed by atoms with Crippen LogP contribution in [0.3, 0.4) is 0 Å². The summed E-state index contributed by atoms with van der Waals surface area (Å²) < 4.78 is 6.46. The number of methoxy groups -OCH3 is 1. The summed E-state index contributed by atoms with van der Waals surface area (Å²) in [7, 11) is 3.69. The van der Waals surface area contributed by atoms with E-state index in [1.807, 2.05) is 19.2 Å². The van der Waals surface area contributed by atoms with Crippen LogP contribution in [0, 0.1) is 0 Å². The molecule has 26 heavy (non-hydrogen) atoms. The van der Waals surface area contributed by atoms with Crippen LogP contribution in [0.25, 0.3) is 10.2 Å². The number of aromatic amines is 1. The average molecular weight is 434 g/mol. The Morgan fingerprint density at radius 3 is 3.00 bits per heavy atom. The minimum atomic E-state index is -0.00200. The maximum absolute atomic E-state index is 12.6. The molecule has 2 heterocycles. The van der Waals surface area contributed by atoms with Gasteiger partial charge in [-0.15, -0.1) is 11.3 Å². The number of fused-ring (bicyclic) bond motifs is 3. The number of ether oxygens (including phenoxy) is 1. The van der Waals surface area contributed by atoms with Crippen molar-refractivity contribution in [3.05, 3.63) is 54.9 Å². The lowest BCUT2D eigenvalue weighted by atomic mass is 10.2. The number of benzene rings is 1. The SMILES string of the molecule is COc1ccc(Br)cc1CN(C)Cc1nc2sc3c(c2c(=O)[nH]1)CCC3. The zero-order valence-corrected chi connectivity index (χ0v) is 17.2. The van der Waals surface area contributed by atoms with Gasteiger partial charge in [-0.05, 0) is 50.1 Å². The van der Waals surface area contributed by atoms with Crippen LogP contribution < -0.4 is 10.3 Å². The predicted molar refractivity (Wildman–Crippen MR) is 108 cm³/mol. The fraction of sp³-hybridized carbons (Fsp3) is 0.368. The van der Waals surface area contributed by atoms with Gasteiger partial charge < -0.3 is 9.72 Å². The Labute approximate surface area is 164 Å². The molecular formula is C19H20BrN3O2S. The van der Waals surface area contributed by atoms with Crippen molar-refractivity contribution < 1.29 is 4.74 Å². The monoisotopic (exact) mass is 433 g/mol. The van der Waals surface area contributed by atoms with Gasteiger partial charge in [0.2, 0.25) is 0 Å². The Morgan fingerprint density at radius 2 is 2.19 bits per heavy atom. The molecule has 0 fully saturated rings. The molecule has 3 aromatic rings. The maximum atomic E-state index is 12.6. The van der Waals surface area contributed by atoms with Crippen molar-refractivity contribution in [1.29, 1.82) is 0 Å². The van der Waals surface area contributed by atoms with Gasteiger partial charge in [0.05, 0.1) is 19.0 Å². The summed E-state index contributed by atoms with van der Waals surface area (Å²) in [4.78, 5) is 24.6. The third-order valence-corrected chi connectivity index (χ3v) is 6.41. The summed E-state index contributed by atoms with van der Waals surface area (Å²) in [5.74, 6) is 1.56. The largest absolute Gasteiger partial charge is 0.496 e. The molecule has 2 aromatic heterocycles. The summed E-state index contributed by atoms with van der Waals surface area (Å²) >= 11 is 5.19. The summed E-state index contributed by atoms with van der Waals surface area (Å²) in [5, 5.41) is 0.808. The number of nitrogens with zero attached hydrogens (tertiary/aromatic N) is 2. The molecule has 5 nitrogen and oxygen atoms in total. The molecular weight excluding hydrogens is 414 g/mol. The highest BCUT2D eigenvalue weighted by Gasteiger charge is 2.21. The molecule has 0 radical (unpaired) electrons. The topological polar surface area (TPSA) is 58.2 Å². The predicted octanol–water partition coefficient (Wildman–Crippen LogP) is 3.88.